The Morgan fingerprint density at radius 3 is 2.61 bits per heavy atom. The van der Waals surface area contributed by atoms with Gasteiger partial charge in [0.2, 0.25) is 10.0 Å². The first-order valence-electron chi connectivity index (χ1n) is 9.81. The highest BCUT2D eigenvalue weighted by Crippen LogP contribution is 2.30. The Labute approximate surface area is 195 Å². The van der Waals surface area contributed by atoms with Crippen molar-refractivity contribution in [3.8, 4) is 5.75 Å². The van der Waals surface area contributed by atoms with E-state index in [1.807, 2.05) is 26.0 Å². The average Bonchev–Trinajstić information content (AvgIpc) is 2.75. The molecule has 1 N–H and O–H groups in total. The predicted octanol–water partition coefficient (Wildman–Crippen LogP) is 4.01. The molecule has 1 aliphatic heterocycles. The van der Waals surface area contributed by atoms with E-state index in [1.165, 1.54) is 22.5 Å². The van der Waals surface area contributed by atoms with E-state index in [-0.39, 0.29) is 28.2 Å². The predicted molar refractivity (Wildman–Crippen MR) is 123 cm³/mol. The van der Waals surface area contributed by atoms with E-state index in [0.29, 0.717) is 26.3 Å². The van der Waals surface area contributed by atoms with E-state index in [1.54, 1.807) is 0 Å². The summed E-state index contributed by atoms with van der Waals surface area (Å²) in [6.45, 7) is 5.00. The minimum atomic E-state index is -3.66. The molecular weight excluding hydrogens is 508 g/mol. The number of ether oxygens (including phenoxy) is 2. The smallest absolute Gasteiger partial charge is 0.262 e. The van der Waals surface area contributed by atoms with Crippen molar-refractivity contribution in [1.82, 2.24) is 4.31 Å². The zero-order valence-corrected chi connectivity index (χ0v) is 20.4. The molecule has 31 heavy (non-hydrogen) atoms. The summed E-state index contributed by atoms with van der Waals surface area (Å²) in [5, 5.41) is 3.00. The van der Waals surface area contributed by atoms with Crippen LogP contribution in [0.5, 0.6) is 5.75 Å². The molecule has 1 heterocycles. The van der Waals surface area contributed by atoms with Crippen LogP contribution in [-0.4, -0.2) is 51.5 Å². The van der Waals surface area contributed by atoms with Gasteiger partial charge in [0.05, 0.1) is 23.1 Å². The third-order valence-corrected chi connectivity index (χ3v) is 7.55. The number of halogens is 2. The number of nitrogens with zero attached hydrogens (tertiary/aromatic N) is 1. The second-order valence-electron chi connectivity index (χ2n) is 7.06. The Kier molecular flexibility index (Phi) is 7.98. The van der Waals surface area contributed by atoms with Crippen LogP contribution in [-0.2, 0) is 26.0 Å². The van der Waals surface area contributed by atoms with Crippen LogP contribution in [0.2, 0.25) is 5.02 Å². The Morgan fingerprint density at radius 2 is 1.97 bits per heavy atom. The van der Waals surface area contributed by atoms with Crippen LogP contribution in [0.15, 0.2) is 39.7 Å². The van der Waals surface area contributed by atoms with Crippen LogP contribution in [0.4, 0.5) is 5.69 Å². The number of benzene rings is 2. The third-order valence-electron chi connectivity index (χ3n) is 4.90. The second-order valence-corrected chi connectivity index (χ2v) is 10.3. The number of aryl methyl sites for hydroxylation is 2. The van der Waals surface area contributed by atoms with Gasteiger partial charge in [-0.2, -0.15) is 4.31 Å². The van der Waals surface area contributed by atoms with Gasteiger partial charge < -0.3 is 14.8 Å². The van der Waals surface area contributed by atoms with Crippen LogP contribution in [0.25, 0.3) is 0 Å². The molecule has 2 aromatic carbocycles. The van der Waals surface area contributed by atoms with Crippen LogP contribution >= 0.6 is 27.5 Å². The quantitative estimate of drug-likeness (QED) is 0.584. The topological polar surface area (TPSA) is 84.9 Å². The zero-order chi connectivity index (χ0) is 22.6. The molecule has 1 fully saturated rings. The minimum Gasteiger partial charge on any atom is -0.482 e. The summed E-state index contributed by atoms with van der Waals surface area (Å²) in [5.74, 6) is -0.0952. The van der Waals surface area contributed by atoms with Gasteiger partial charge in [-0.15, -0.1) is 0 Å². The lowest BCUT2D eigenvalue weighted by atomic mass is 10.1. The maximum atomic E-state index is 12.7. The molecule has 2 aromatic rings. The number of anilines is 1. The first-order chi connectivity index (χ1) is 14.7. The summed E-state index contributed by atoms with van der Waals surface area (Å²) in [4.78, 5) is 12.5. The van der Waals surface area contributed by atoms with Gasteiger partial charge in [-0.3, -0.25) is 4.79 Å². The molecule has 0 aliphatic carbocycles. The molecule has 0 aromatic heterocycles. The molecule has 0 bridgehead atoms. The molecule has 0 spiro atoms. The number of rotatable bonds is 7. The summed E-state index contributed by atoms with van der Waals surface area (Å²) in [6.07, 6.45) is 0.766. The second kappa shape index (κ2) is 10.3. The van der Waals surface area contributed by atoms with Crippen LogP contribution in [0.1, 0.15) is 18.1 Å². The van der Waals surface area contributed by atoms with Crippen molar-refractivity contribution in [3.05, 3.63) is 51.0 Å². The fourth-order valence-electron chi connectivity index (χ4n) is 3.28. The highest BCUT2D eigenvalue weighted by molar-refractivity contribution is 9.10. The first-order valence-corrected chi connectivity index (χ1v) is 12.4. The monoisotopic (exact) mass is 530 g/mol. The van der Waals surface area contributed by atoms with Gasteiger partial charge in [-0.1, -0.05) is 34.5 Å². The molecule has 7 nitrogen and oxygen atoms in total. The van der Waals surface area contributed by atoms with Gasteiger partial charge in [0.25, 0.3) is 5.91 Å². The summed E-state index contributed by atoms with van der Waals surface area (Å²) in [7, 11) is -3.66. The molecule has 3 rings (SSSR count). The van der Waals surface area contributed by atoms with Gasteiger partial charge in [0, 0.05) is 23.2 Å². The van der Waals surface area contributed by atoms with Gasteiger partial charge >= 0.3 is 0 Å². The van der Waals surface area contributed by atoms with Crippen molar-refractivity contribution in [1.29, 1.82) is 0 Å². The Balaban J connectivity index is 1.67. The van der Waals surface area contributed by atoms with E-state index in [2.05, 4.69) is 21.2 Å². The number of carbonyl (C=O) groups excluding carboxylic acids is 1. The standard InChI is InChI=1S/C21H24BrClN2O5S/c1-3-15-11-16(22)10-14(2)21(15)24-20(26)13-30-19-5-4-17(12-18(19)23)31(27,28)25-6-8-29-9-7-25/h4-5,10-12H,3,6-9,13H2,1-2H3,(H,24,26). The van der Waals surface area contributed by atoms with E-state index in [0.717, 1.165) is 27.7 Å². The van der Waals surface area contributed by atoms with Crippen LogP contribution < -0.4 is 10.1 Å². The molecule has 1 amide bonds. The Bertz CT molecular complexity index is 1070. The van der Waals surface area contributed by atoms with Gasteiger partial charge in [0.1, 0.15) is 5.75 Å². The number of sulfonamides is 1. The van der Waals surface area contributed by atoms with Crippen molar-refractivity contribution in [2.45, 2.75) is 25.2 Å². The van der Waals surface area contributed by atoms with Gasteiger partial charge in [-0.25, -0.2) is 8.42 Å². The lowest BCUT2D eigenvalue weighted by Crippen LogP contribution is -2.40. The van der Waals surface area contributed by atoms with E-state index in [4.69, 9.17) is 21.1 Å². The lowest BCUT2D eigenvalue weighted by molar-refractivity contribution is -0.118. The maximum Gasteiger partial charge on any atom is 0.262 e. The molecule has 0 saturated carbocycles. The van der Waals surface area contributed by atoms with E-state index < -0.39 is 10.0 Å². The maximum absolute atomic E-state index is 12.7. The molecular formula is C21H24BrClN2O5S. The van der Waals surface area contributed by atoms with Crippen LogP contribution in [0.3, 0.4) is 0 Å². The molecule has 0 atom stereocenters. The molecule has 1 aliphatic rings. The van der Waals surface area contributed by atoms with E-state index >= 15 is 0 Å². The first kappa shape index (κ1) is 24.0. The highest BCUT2D eigenvalue weighted by atomic mass is 79.9. The highest BCUT2D eigenvalue weighted by Gasteiger charge is 2.27. The SMILES string of the molecule is CCc1cc(Br)cc(C)c1NC(=O)COc1ccc(S(=O)(=O)N2CCOCC2)cc1Cl. The van der Waals surface area contributed by atoms with E-state index in [9.17, 15) is 13.2 Å². The fraction of sp³-hybridized carbons (Fsp3) is 0.381. The summed E-state index contributed by atoms with van der Waals surface area (Å²) >= 11 is 9.70. The zero-order valence-electron chi connectivity index (χ0n) is 17.3. The minimum absolute atomic E-state index is 0.0780. The van der Waals surface area contributed by atoms with Crippen LogP contribution in [0, 0.1) is 6.92 Å². The van der Waals surface area contributed by atoms with Gasteiger partial charge in [-0.05, 0) is 54.8 Å². The fourth-order valence-corrected chi connectivity index (χ4v) is 5.64. The Morgan fingerprint density at radius 1 is 1.26 bits per heavy atom. The average molecular weight is 532 g/mol. The number of hydrogen-bond donors (Lipinski definition) is 1. The Hall–Kier alpha value is -1.65. The molecule has 0 unspecified atom stereocenters. The third kappa shape index (κ3) is 5.78. The molecule has 1 saturated heterocycles. The van der Waals surface area contributed by atoms with Crippen molar-refractivity contribution in [2.24, 2.45) is 0 Å². The van der Waals surface area contributed by atoms with Crippen molar-refractivity contribution >= 4 is 49.1 Å². The molecule has 0 radical (unpaired) electrons. The number of hydrogen-bond acceptors (Lipinski definition) is 5. The van der Waals surface area contributed by atoms with Crippen molar-refractivity contribution in [2.75, 3.05) is 38.2 Å². The number of nitrogens with one attached hydrogen (secondary N) is 1. The molecule has 168 valence electrons. The number of morpholine rings is 1. The normalized spacial score (nSPS) is 15.0. The number of carbonyl (C=O) groups is 1. The summed E-state index contributed by atoms with van der Waals surface area (Å²) < 4.78 is 38.5. The number of amides is 1. The molecule has 10 heteroatoms. The van der Waals surface area contributed by atoms with Gasteiger partial charge in [0.15, 0.2) is 6.61 Å². The summed E-state index contributed by atoms with van der Waals surface area (Å²) in [6, 6.07) is 8.13. The largest absolute Gasteiger partial charge is 0.482 e. The van der Waals surface area contributed by atoms with Crippen molar-refractivity contribution in [3.63, 3.8) is 0 Å². The summed E-state index contributed by atoms with van der Waals surface area (Å²) in [5.41, 5.74) is 2.71. The lowest BCUT2D eigenvalue weighted by Gasteiger charge is -2.26. The van der Waals surface area contributed by atoms with Crippen molar-refractivity contribution < 1.29 is 22.7 Å².